The molecule has 1 aromatic rings. The van der Waals surface area contributed by atoms with Crippen LogP contribution in [0.2, 0.25) is 0 Å². The first-order chi connectivity index (χ1) is 9.76. The number of methoxy groups -OCH3 is 1. The Bertz CT molecular complexity index is 477. The third kappa shape index (κ3) is 2.44. The standard InChI is InChI=1S/C16H23NO3/c1-3-16(5-4-6-16)10-17-9-12-7-13(18-2)15-14(8-12)19-11-20-15/h7-8,17H,3-6,9-11H2,1-2H3. The molecule has 1 saturated carbocycles. The van der Waals surface area contributed by atoms with Crippen molar-refractivity contribution in [3.63, 3.8) is 0 Å². The normalized spacial score (nSPS) is 18.7. The second-order valence-corrected chi connectivity index (χ2v) is 5.84. The van der Waals surface area contributed by atoms with Gasteiger partial charge in [0.15, 0.2) is 11.5 Å². The van der Waals surface area contributed by atoms with E-state index in [1.807, 2.05) is 12.1 Å². The molecular formula is C16H23NO3. The summed E-state index contributed by atoms with van der Waals surface area (Å²) in [4.78, 5) is 0. The number of fused-ring (bicyclic) bond motifs is 1. The average Bonchev–Trinajstić information content (AvgIpc) is 2.89. The number of nitrogens with one attached hydrogen (secondary N) is 1. The molecule has 1 fully saturated rings. The van der Waals surface area contributed by atoms with Crippen LogP contribution in [0.25, 0.3) is 0 Å². The Morgan fingerprint density at radius 3 is 2.80 bits per heavy atom. The van der Waals surface area contributed by atoms with E-state index in [0.717, 1.165) is 30.3 Å². The van der Waals surface area contributed by atoms with Crippen LogP contribution in [0.15, 0.2) is 12.1 Å². The lowest BCUT2D eigenvalue weighted by molar-refractivity contribution is 0.124. The third-order valence-electron chi connectivity index (χ3n) is 4.71. The molecule has 1 aliphatic heterocycles. The van der Waals surface area contributed by atoms with Crippen LogP contribution in [0.4, 0.5) is 0 Å². The van der Waals surface area contributed by atoms with Gasteiger partial charge < -0.3 is 19.5 Å². The summed E-state index contributed by atoms with van der Waals surface area (Å²) < 4.78 is 16.2. The van der Waals surface area contributed by atoms with Crippen molar-refractivity contribution in [1.82, 2.24) is 5.32 Å². The van der Waals surface area contributed by atoms with Crippen molar-refractivity contribution >= 4 is 0 Å². The lowest BCUT2D eigenvalue weighted by Gasteiger charge is -2.41. The van der Waals surface area contributed by atoms with E-state index < -0.39 is 0 Å². The summed E-state index contributed by atoms with van der Waals surface area (Å²) in [5.41, 5.74) is 1.72. The predicted octanol–water partition coefficient (Wildman–Crippen LogP) is 3.09. The van der Waals surface area contributed by atoms with Crippen molar-refractivity contribution in [1.29, 1.82) is 0 Å². The molecule has 0 atom stereocenters. The minimum atomic E-state index is 0.279. The van der Waals surface area contributed by atoms with Gasteiger partial charge in [0.2, 0.25) is 12.5 Å². The van der Waals surface area contributed by atoms with Crippen molar-refractivity contribution in [2.24, 2.45) is 5.41 Å². The number of ether oxygens (including phenoxy) is 3. The van der Waals surface area contributed by atoms with Gasteiger partial charge in [-0.25, -0.2) is 0 Å². The highest BCUT2D eigenvalue weighted by Gasteiger charge is 2.34. The molecule has 0 radical (unpaired) electrons. The van der Waals surface area contributed by atoms with Gasteiger partial charge in [0.1, 0.15) is 0 Å². The van der Waals surface area contributed by atoms with Crippen LogP contribution in [-0.4, -0.2) is 20.4 Å². The summed E-state index contributed by atoms with van der Waals surface area (Å²) in [6, 6.07) is 4.07. The van der Waals surface area contributed by atoms with E-state index in [1.54, 1.807) is 7.11 Å². The fourth-order valence-electron chi connectivity index (χ4n) is 3.09. The zero-order chi connectivity index (χ0) is 14.0. The minimum Gasteiger partial charge on any atom is -0.493 e. The van der Waals surface area contributed by atoms with Crippen LogP contribution in [0.3, 0.4) is 0 Å². The van der Waals surface area contributed by atoms with Gasteiger partial charge in [0, 0.05) is 13.1 Å². The zero-order valence-corrected chi connectivity index (χ0v) is 12.3. The molecule has 110 valence electrons. The van der Waals surface area contributed by atoms with Gasteiger partial charge in [0.05, 0.1) is 7.11 Å². The van der Waals surface area contributed by atoms with E-state index in [-0.39, 0.29) is 6.79 Å². The van der Waals surface area contributed by atoms with E-state index in [9.17, 15) is 0 Å². The molecule has 0 spiro atoms. The highest BCUT2D eigenvalue weighted by Crippen LogP contribution is 2.44. The topological polar surface area (TPSA) is 39.7 Å². The Morgan fingerprint density at radius 1 is 1.30 bits per heavy atom. The Morgan fingerprint density at radius 2 is 2.15 bits per heavy atom. The number of hydrogen-bond donors (Lipinski definition) is 1. The molecule has 0 unspecified atom stereocenters. The first-order valence-electron chi connectivity index (χ1n) is 7.43. The summed E-state index contributed by atoms with van der Waals surface area (Å²) in [6.45, 7) is 4.51. The highest BCUT2D eigenvalue weighted by molar-refractivity contribution is 5.55. The fourth-order valence-corrected chi connectivity index (χ4v) is 3.09. The summed E-state index contributed by atoms with van der Waals surface area (Å²) >= 11 is 0. The molecule has 0 amide bonds. The van der Waals surface area contributed by atoms with Gasteiger partial charge in [-0.15, -0.1) is 0 Å². The summed E-state index contributed by atoms with van der Waals surface area (Å²) in [6.07, 6.45) is 5.37. The maximum absolute atomic E-state index is 5.45. The van der Waals surface area contributed by atoms with Gasteiger partial charge in [0.25, 0.3) is 0 Å². The van der Waals surface area contributed by atoms with Crippen molar-refractivity contribution in [2.75, 3.05) is 20.4 Å². The summed E-state index contributed by atoms with van der Waals surface area (Å²) in [5, 5.41) is 3.59. The van der Waals surface area contributed by atoms with E-state index in [2.05, 4.69) is 12.2 Å². The zero-order valence-electron chi connectivity index (χ0n) is 12.3. The molecule has 0 aromatic heterocycles. The Labute approximate surface area is 120 Å². The van der Waals surface area contributed by atoms with Crippen molar-refractivity contribution in [3.8, 4) is 17.2 Å². The summed E-state index contributed by atoms with van der Waals surface area (Å²) in [5.74, 6) is 2.26. The molecule has 2 aliphatic rings. The lowest BCUT2D eigenvalue weighted by atomic mass is 9.67. The molecule has 3 rings (SSSR count). The van der Waals surface area contributed by atoms with Gasteiger partial charge >= 0.3 is 0 Å². The highest BCUT2D eigenvalue weighted by atomic mass is 16.7. The second kappa shape index (κ2) is 5.52. The first kappa shape index (κ1) is 13.6. The summed E-state index contributed by atoms with van der Waals surface area (Å²) in [7, 11) is 1.66. The smallest absolute Gasteiger partial charge is 0.231 e. The predicted molar refractivity (Wildman–Crippen MR) is 77.4 cm³/mol. The van der Waals surface area contributed by atoms with Gasteiger partial charge in [-0.05, 0) is 42.4 Å². The van der Waals surface area contributed by atoms with Gasteiger partial charge in [-0.3, -0.25) is 0 Å². The molecule has 4 heteroatoms. The SMILES string of the molecule is CCC1(CNCc2cc(OC)c3c(c2)OCO3)CCC1. The van der Waals surface area contributed by atoms with E-state index in [0.29, 0.717) is 5.41 Å². The van der Waals surface area contributed by atoms with Crippen LogP contribution >= 0.6 is 0 Å². The van der Waals surface area contributed by atoms with E-state index in [1.165, 1.54) is 31.2 Å². The van der Waals surface area contributed by atoms with Crippen molar-refractivity contribution in [3.05, 3.63) is 17.7 Å². The van der Waals surface area contributed by atoms with Crippen LogP contribution in [0.5, 0.6) is 17.2 Å². The van der Waals surface area contributed by atoms with E-state index in [4.69, 9.17) is 14.2 Å². The molecule has 4 nitrogen and oxygen atoms in total. The van der Waals surface area contributed by atoms with Crippen molar-refractivity contribution < 1.29 is 14.2 Å². The fraction of sp³-hybridized carbons (Fsp3) is 0.625. The molecule has 20 heavy (non-hydrogen) atoms. The van der Waals surface area contributed by atoms with Gasteiger partial charge in [-0.2, -0.15) is 0 Å². The Hall–Kier alpha value is -1.42. The number of hydrogen-bond acceptors (Lipinski definition) is 4. The molecule has 0 saturated heterocycles. The van der Waals surface area contributed by atoms with Crippen LogP contribution in [0, 0.1) is 5.41 Å². The maximum atomic E-state index is 5.45. The quantitative estimate of drug-likeness (QED) is 0.867. The Kier molecular flexibility index (Phi) is 3.74. The maximum Gasteiger partial charge on any atom is 0.231 e. The van der Waals surface area contributed by atoms with Crippen LogP contribution in [0.1, 0.15) is 38.2 Å². The molecule has 1 heterocycles. The van der Waals surface area contributed by atoms with Crippen LogP contribution < -0.4 is 19.5 Å². The first-order valence-corrected chi connectivity index (χ1v) is 7.43. The molecule has 1 aliphatic carbocycles. The second-order valence-electron chi connectivity index (χ2n) is 5.84. The number of rotatable bonds is 6. The van der Waals surface area contributed by atoms with E-state index >= 15 is 0 Å². The van der Waals surface area contributed by atoms with Crippen molar-refractivity contribution in [2.45, 2.75) is 39.2 Å². The monoisotopic (exact) mass is 277 g/mol. The van der Waals surface area contributed by atoms with Crippen LogP contribution in [-0.2, 0) is 6.54 Å². The van der Waals surface area contributed by atoms with Gasteiger partial charge in [-0.1, -0.05) is 13.3 Å². The Balaban J connectivity index is 1.63. The largest absolute Gasteiger partial charge is 0.493 e. The molecular weight excluding hydrogens is 254 g/mol. The lowest BCUT2D eigenvalue weighted by Crippen LogP contribution is -2.39. The average molecular weight is 277 g/mol. The molecule has 1 aromatic carbocycles. The number of benzene rings is 1. The molecule has 1 N–H and O–H groups in total. The third-order valence-corrected chi connectivity index (χ3v) is 4.71. The molecule has 0 bridgehead atoms. The minimum absolute atomic E-state index is 0.279.